The molecule has 0 amide bonds. The van der Waals surface area contributed by atoms with Crippen LogP contribution in [0.3, 0.4) is 0 Å². The largest absolute Gasteiger partial charge is 0.0619 e. The predicted molar refractivity (Wildman–Crippen MR) is 73.5 cm³/mol. The first-order valence-corrected chi connectivity index (χ1v) is 6.24. The summed E-state index contributed by atoms with van der Waals surface area (Å²) in [5, 5.41) is 0. The van der Waals surface area contributed by atoms with Crippen LogP contribution in [-0.4, -0.2) is 0 Å². The average Bonchev–Trinajstić information content (AvgIpc) is 2.54. The van der Waals surface area contributed by atoms with Gasteiger partial charge in [-0.1, -0.05) is 50.2 Å². The van der Waals surface area contributed by atoms with Crippen LogP contribution >= 0.6 is 0 Å². The molecule has 2 aromatic carbocycles. The molecular weight excluding hydrogens is 204 g/mol. The fraction of sp³-hybridized carbons (Fsp3) is 0.294. The fourth-order valence-corrected chi connectivity index (χ4v) is 3.24. The molecule has 3 rings (SSSR count). The van der Waals surface area contributed by atoms with Gasteiger partial charge in [0.25, 0.3) is 0 Å². The Morgan fingerprint density at radius 2 is 1.53 bits per heavy atom. The van der Waals surface area contributed by atoms with Crippen molar-refractivity contribution in [2.45, 2.75) is 33.1 Å². The van der Waals surface area contributed by atoms with E-state index in [4.69, 9.17) is 0 Å². The third-order valence-electron chi connectivity index (χ3n) is 4.25. The molecule has 17 heavy (non-hydrogen) atoms. The molecule has 0 fully saturated rings. The standard InChI is InChI=1S/C17H18/c1-11-9-10-14-13-7-5-6-8-15(13)17(3,4)16(14)12(11)2/h5-10H,1-4H3. The lowest BCUT2D eigenvalue weighted by Gasteiger charge is -2.24. The lowest BCUT2D eigenvalue weighted by Crippen LogP contribution is -2.16. The van der Waals surface area contributed by atoms with Crippen LogP contribution in [-0.2, 0) is 5.41 Å². The molecule has 0 saturated carbocycles. The smallest absolute Gasteiger partial charge is 0.0161 e. The minimum absolute atomic E-state index is 0.141. The van der Waals surface area contributed by atoms with E-state index in [1.807, 2.05) is 0 Å². The second-order valence-electron chi connectivity index (χ2n) is 5.60. The Morgan fingerprint density at radius 3 is 2.29 bits per heavy atom. The Balaban J connectivity index is 2.44. The van der Waals surface area contributed by atoms with E-state index in [-0.39, 0.29) is 5.41 Å². The summed E-state index contributed by atoms with van der Waals surface area (Å²) in [7, 11) is 0. The van der Waals surface area contributed by atoms with Gasteiger partial charge in [-0.25, -0.2) is 0 Å². The fourth-order valence-electron chi connectivity index (χ4n) is 3.24. The van der Waals surface area contributed by atoms with Gasteiger partial charge in [0.1, 0.15) is 0 Å². The van der Waals surface area contributed by atoms with E-state index in [0.717, 1.165) is 0 Å². The highest BCUT2D eigenvalue weighted by Gasteiger charge is 2.36. The molecule has 0 aliphatic heterocycles. The normalized spacial score (nSPS) is 15.5. The van der Waals surface area contributed by atoms with Gasteiger partial charge in [-0.3, -0.25) is 0 Å². The predicted octanol–water partition coefficient (Wildman–Crippen LogP) is 4.61. The molecule has 0 unspecified atom stereocenters. The third kappa shape index (κ3) is 1.24. The quantitative estimate of drug-likeness (QED) is 0.610. The molecule has 0 saturated heterocycles. The van der Waals surface area contributed by atoms with Gasteiger partial charge in [-0.05, 0) is 47.2 Å². The SMILES string of the molecule is Cc1ccc2c(c1C)C(C)(C)c1ccccc1-2. The summed E-state index contributed by atoms with van der Waals surface area (Å²) < 4.78 is 0. The summed E-state index contributed by atoms with van der Waals surface area (Å²) in [5.74, 6) is 0. The van der Waals surface area contributed by atoms with Gasteiger partial charge in [0.05, 0.1) is 0 Å². The summed E-state index contributed by atoms with van der Waals surface area (Å²) in [6.45, 7) is 9.13. The average molecular weight is 222 g/mol. The topological polar surface area (TPSA) is 0 Å². The number of hydrogen-bond acceptors (Lipinski definition) is 0. The van der Waals surface area contributed by atoms with Crippen molar-refractivity contribution in [1.82, 2.24) is 0 Å². The van der Waals surface area contributed by atoms with Crippen molar-refractivity contribution in [2.75, 3.05) is 0 Å². The number of fused-ring (bicyclic) bond motifs is 3. The number of hydrogen-bond donors (Lipinski definition) is 0. The number of aryl methyl sites for hydroxylation is 1. The zero-order valence-electron chi connectivity index (χ0n) is 11.0. The van der Waals surface area contributed by atoms with E-state index < -0.39 is 0 Å². The first kappa shape index (κ1) is 10.6. The Morgan fingerprint density at radius 1 is 0.824 bits per heavy atom. The molecule has 0 aromatic heterocycles. The van der Waals surface area contributed by atoms with Gasteiger partial charge >= 0.3 is 0 Å². The van der Waals surface area contributed by atoms with Crippen LogP contribution in [0.4, 0.5) is 0 Å². The molecular formula is C17H18. The van der Waals surface area contributed by atoms with Gasteiger partial charge < -0.3 is 0 Å². The summed E-state index contributed by atoms with van der Waals surface area (Å²) in [4.78, 5) is 0. The van der Waals surface area contributed by atoms with Crippen LogP contribution in [0.25, 0.3) is 11.1 Å². The summed E-state index contributed by atoms with van der Waals surface area (Å²) in [6.07, 6.45) is 0. The van der Waals surface area contributed by atoms with Gasteiger partial charge in [0.2, 0.25) is 0 Å². The molecule has 0 radical (unpaired) electrons. The third-order valence-corrected chi connectivity index (χ3v) is 4.25. The van der Waals surface area contributed by atoms with Crippen molar-refractivity contribution in [3.63, 3.8) is 0 Å². The zero-order valence-corrected chi connectivity index (χ0v) is 11.0. The molecule has 1 aliphatic carbocycles. The summed E-state index contributed by atoms with van der Waals surface area (Å²) >= 11 is 0. The van der Waals surface area contributed by atoms with Crippen molar-refractivity contribution >= 4 is 0 Å². The van der Waals surface area contributed by atoms with Crippen LogP contribution in [0.5, 0.6) is 0 Å². The molecule has 0 N–H and O–H groups in total. The minimum Gasteiger partial charge on any atom is -0.0619 e. The van der Waals surface area contributed by atoms with Crippen molar-refractivity contribution in [1.29, 1.82) is 0 Å². The lowest BCUT2D eigenvalue weighted by atomic mass is 9.79. The minimum atomic E-state index is 0.141. The summed E-state index contributed by atoms with van der Waals surface area (Å²) in [5.41, 5.74) is 8.79. The number of rotatable bonds is 0. The lowest BCUT2D eigenvalue weighted by molar-refractivity contribution is 0.655. The van der Waals surface area contributed by atoms with Crippen LogP contribution < -0.4 is 0 Å². The zero-order chi connectivity index (χ0) is 12.2. The molecule has 0 bridgehead atoms. The van der Waals surface area contributed by atoms with E-state index in [2.05, 4.69) is 64.1 Å². The van der Waals surface area contributed by atoms with Crippen LogP contribution in [0.15, 0.2) is 36.4 Å². The first-order valence-electron chi connectivity index (χ1n) is 6.24. The maximum atomic E-state index is 2.34. The van der Waals surface area contributed by atoms with Gasteiger partial charge in [-0.2, -0.15) is 0 Å². The van der Waals surface area contributed by atoms with E-state index in [9.17, 15) is 0 Å². The van der Waals surface area contributed by atoms with Gasteiger partial charge in [0.15, 0.2) is 0 Å². The maximum Gasteiger partial charge on any atom is 0.0161 e. The molecule has 0 heteroatoms. The first-order chi connectivity index (χ1) is 8.03. The van der Waals surface area contributed by atoms with E-state index >= 15 is 0 Å². The van der Waals surface area contributed by atoms with E-state index in [1.54, 1.807) is 0 Å². The van der Waals surface area contributed by atoms with E-state index in [1.165, 1.54) is 33.4 Å². The Kier molecular flexibility index (Phi) is 2.01. The van der Waals surface area contributed by atoms with Crippen molar-refractivity contribution < 1.29 is 0 Å². The van der Waals surface area contributed by atoms with Gasteiger partial charge in [0, 0.05) is 5.41 Å². The molecule has 1 aliphatic rings. The molecule has 86 valence electrons. The maximum absolute atomic E-state index is 2.34. The second-order valence-corrected chi connectivity index (χ2v) is 5.60. The highest BCUT2D eigenvalue weighted by atomic mass is 14.4. The van der Waals surface area contributed by atoms with Crippen molar-refractivity contribution in [3.8, 4) is 11.1 Å². The van der Waals surface area contributed by atoms with E-state index in [0.29, 0.717) is 0 Å². The Hall–Kier alpha value is -1.56. The van der Waals surface area contributed by atoms with Crippen LogP contribution in [0.1, 0.15) is 36.1 Å². The molecule has 0 heterocycles. The second kappa shape index (κ2) is 3.22. The highest BCUT2D eigenvalue weighted by molar-refractivity contribution is 5.82. The van der Waals surface area contributed by atoms with Crippen molar-refractivity contribution in [3.05, 3.63) is 58.7 Å². The van der Waals surface area contributed by atoms with Gasteiger partial charge in [-0.15, -0.1) is 0 Å². The Bertz CT molecular complexity index is 603. The molecule has 2 aromatic rings. The van der Waals surface area contributed by atoms with Crippen LogP contribution in [0, 0.1) is 13.8 Å². The molecule has 0 spiro atoms. The summed E-state index contributed by atoms with van der Waals surface area (Å²) in [6, 6.07) is 13.3. The highest BCUT2D eigenvalue weighted by Crippen LogP contribution is 2.50. The van der Waals surface area contributed by atoms with Crippen LogP contribution in [0.2, 0.25) is 0 Å². The molecule has 0 nitrogen and oxygen atoms in total. The Labute approximate surface area is 103 Å². The number of benzene rings is 2. The molecule has 0 atom stereocenters. The van der Waals surface area contributed by atoms with Crippen molar-refractivity contribution in [2.24, 2.45) is 0 Å². The monoisotopic (exact) mass is 222 g/mol.